The van der Waals surface area contributed by atoms with Crippen molar-refractivity contribution in [3.05, 3.63) is 12.7 Å². The van der Waals surface area contributed by atoms with E-state index in [0.29, 0.717) is 13.0 Å². The Morgan fingerprint density at radius 3 is 1.90 bits per heavy atom. The van der Waals surface area contributed by atoms with E-state index in [2.05, 4.69) is 11.3 Å². The molecule has 0 aromatic carbocycles. The first-order valence-corrected chi connectivity index (χ1v) is 17.2. The van der Waals surface area contributed by atoms with Crippen molar-refractivity contribution in [1.29, 1.82) is 0 Å². The normalized spacial score (nSPS) is 16.4. The molecular formula is C35H55NO16. The van der Waals surface area contributed by atoms with Gasteiger partial charge in [0.1, 0.15) is 51.8 Å². The molecular weight excluding hydrogens is 690 g/mol. The number of carbonyl (C=O) groups excluding carboxylic acids is 7. The standard InChI is InChI=1S/C35H55NO16/c1-7-27(41)47-16-17-48-28(42)11-12-29(43)50-20-25(39)21-51-30(44)33(3,4)22-35(6,32(46)52-19-24(38)18-37)23-34(5,8-2)31(45)49-15-14-36-13-9-10-26(36)40/h7,24-25,37-39H,1,8-23H2,2-6H3. The molecule has 0 aromatic heterocycles. The lowest BCUT2D eigenvalue weighted by molar-refractivity contribution is -0.172. The lowest BCUT2D eigenvalue weighted by Gasteiger charge is -2.39. The van der Waals surface area contributed by atoms with Crippen molar-refractivity contribution in [1.82, 2.24) is 4.90 Å². The Labute approximate surface area is 303 Å². The Morgan fingerprint density at radius 2 is 1.33 bits per heavy atom. The van der Waals surface area contributed by atoms with Gasteiger partial charge in [-0.05, 0) is 53.4 Å². The van der Waals surface area contributed by atoms with Crippen molar-refractivity contribution in [3.8, 4) is 0 Å². The van der Waals surface area contributed by atoms with Gasteiger partial charge in [-0.2, -0.15) is 0 Å². The van der Waals surface area contributed by atoms with Gasteiger partial charge in [0.05, 0.1) is 42.2 Å². The smallest absolute Gasteiger partial charge is 0.330 e. The second-order valence-electron chi connectivity index (χ2n) is 13.8. The summed E-state index contributed by atoms with van der Waals surface area (Å²) in [7, 11) is 0. The van der Waals surface area contributed by atoms with E-state index in [-0.39, 0.29) is 64.4 Å². The first-order chi connectivity index (χ1) is 24.3. The van der Waals surface area contributed by atoms with Gasteiger partial charge in [-0.3, -0.25) is 28.8 Å². The second kappa shape index (κ2) is 22.1. The van der Waals surface area contributed by atoms with Crippen molar-refractivity contribution in [3.63, 3.8) is 0 Å². The molecule has 1 rings (SSSR count). The molecule has 0 radical (unpaired) electrons. The highest BCUT2D eigenvalue weighted by atomic mass is 16.6. The molecule has 0 aliphatic carbocycles. The molecule has 0 bridgehead atoms. The lowest BCUT2D eigenvalue weighted by Crippen LogP contribution is -2.45. The average molecular weight is 746 g/mol. The van der Waals surface area contributed by atoms with E-state index in [1.807, 2.05) is 0 Å². The second-order valence-corrected chi connectivity index (χ2v) is 13.8. The number of aliphatic hydroxyl groups excluding tert-OH is 3. The number of carbonyl (C=O) groups is 7. The van der Waals surface area contributed by atoms with Gasteiger partial charge < -0.3 is 48.6 Å². The number of nitrogens with zero attached hydrogens (tertiary/aromatic N) is 1. The number of hydrogen-bond acceptors (Lipinski definition) is 16. The van der Waals surface area contributed by atoms with Crippen LogP contribution in [-0.2, 0) is 62.0 Å². The summed E-state index contributed by atoms with van der Waals surface area (Å²) in [5, 5.41) is 29.3. The first-order valence-electron chi connectivity index (χ1n) is 17.2. The molecule has 0 spiro atoms. The zero-order valence-electron chi connectivity index (χ0n) is 30.8. The zero-order valence-corrected chi connectivity index (χ0v) is 30.8. The van der Waals surface area contributed by atoms with Crippen molar-refractivity contribution in [2.24, 2.45) is 16.2 Å². The molecule has 1 amide bonds. The predicted octanol–water partition coefficient (Wildman–Crippen LogP) is 0.777. The van der Waals surface area contributed by atoms with E-state index >= 15 is 0 Å². The molecule has 0 aromatic rings. The van der Waals surface area contributed by atoms with E-state index in [1.165, 1.54) is 20.8 Å². The molecule has 1 fully saturated rings. The van der Waals surface area contributed by atoms with Gasteiger partial charge in [0.15, 0.2) is 0 Å². The third-order valence-corrected chi connectivity index (χ3v) is 8.45. The lowest BCUT2D eigenvalue weighted by atomic mass is 9.65. The number of esters is 6. The number of ether oxygens (including phenoxy) is 6. The molecule has 4 atom stereocenters. The van der Waals surface area contributed by atoms with Crippen molar-refractivity contribution in [2.45, 2.75) is 91.8 Å². The van der Waals surface area contributed by atoms with Crippen LogP contribution < -0.4 is 0 Å². The van der Waals surface area contributed by atoms with Crippen LogP contribution in [0, 0.1) is 16.2 Å². The predicted molar refractivity (Wildman–Crippen MR) is 180 cm³/mol. The van der Waals surface area contributed by atoms with E-state index in [9.17, 15) is 48.9 Å². The third-order valence-electron chi connectivity index (χ3n) is 8.45. The highest BCUT2D eigenvalue weighted by molar-refractivity contribution is 5.83. The Bertz CT molecular complexity index is 1250. The quantitative estimate of drug-likeness (QED) is 0.0506. The number of likely N-dealkylation sites (tertiary alicyclic amines) is 1. The van der Waals surface area contributed by atoms with Gasteiger partial charge in [0.25, 0.3) is 0 Å². The highest BCUT2D eigenvalue weighted by Gasteiger charge is 2.50. The fraction of sp³-hybridized carbons (Fsp3) is 0.743. The van der Waals surface area contributed by atoms with Crippen LogP contribution in [0.3, 0.4) is 0 Å². The largest absolute Gasteiger partial charge is 0.463 e. The summed E-state index contributed by atoms with van der Waals surface area (Å²) in [5.74, 6) is -4.55. The third kappa shape index (κ3) is 16.1. The minimum atomic E-state index is -1.53. The SMILES string of the molecule is C=CC(=O)OCCOC(=O)CCC(=O)OCC(O)COC(=O)C(C)(C)CC(C)(CC(C)(CC)C(=O)OCCN1CCCC1=O)C(=O)OCC(O)CO. The summed E-state index contributed by atoms with van der Waals surface area (Å²) in [4.78, 5) is 88.4. The van der Waals surface area contributed by atoms with Gasteiger partial charge in [-0.25, -0.2) is 4.79 Å². The Hall–Kier alpha value is -4.09. The maximum absolute atomic E-state index is 13.5. The summed E-state index contributed by atoms with van der Waals surface area (Å²) in [5.41, 5.74) is -4.17. The van der Waals surface area contributed by atoms with Crippen LogP contribution in [0.15, 0.2) is 12.7 Å². The Morgan fingerprint density at radius 1 is 0.769 bits per heavy atom. The fourth-order valence-electron chi connectivity index (χ4n) is 5.53. The van der Waals surface area contributed by atoms with E-state index in [1.54, 1.807) is 18.7 Å². The molecule has 17 heteroatoms. The van der Waals surface area contributed by atoms with E-state index in [4.69, 9.17) is 23.7 Å². The molecule has 17 nitrogen and oxygen atoms in total. The monoisotopic (exact) mass is 745 g/mol. The molecule has 1 aliphatic rings. The molecule has 1 aliphatic heterocycles. The van der Waals surface area contributed by atoms with Crippen molar-refractivity contribution < 1.29 is 77.3 Å². The van der Waals surface area contributed by atoms with E-state index < -0.39 is 90.7 Å². The zero-order chi connectivity index (χ0) is 39.5. The molecule has 1 saturated heterocycles. The maximum atomic E-state index is 13.5. The molecule has 296 valence electrons. The number of amides is 1. The number of aliphatic hydroxyl groups is 3. The average Bonchev–Trinajstić information content (AvgIpc) is 3.52. The van der Waals surface area contributed by atoms with Crippen LogP contribution in [0.2, 0.25) is 0 Å². The summed E-state index contributed by atoms with van der Waals surface area (Å²) in [6, 6.07) is 0. The summed E-state index contributed by atoms with van der Waals surface area (Å²) >= 11 is 0. The molecule has 52 heavy (non-hydrogen) atoms. The maximum Gasteiger partial charge on any atom is 0.330 e. The number of hydrogen-bond donors (Lipinski definition) is 3. The van der Waals surface area contributed by atoms with Crippen molar-refractivity contribution in [2.75, 3.05) is 59.3 Å². The van der Waals surface area contributed by atoms with E-state index in [0.717, 1.165) is 12.5 Å². The topological polar surface area (TPSA) is 239 Å². The molecule has 4 unspecified atom stereocenters. The Balaban J connectivity index is 2.81. The fourth-order valence-corrected chi connectivity index (χ4v) is 5.53. The van der Waals surface area contributed by atoms with Gasteiger partial charge in [-0.1, -0.05) is 13.5 Å². The van der Waals surface area contributed by atoms with Crippen LogP contribution in [0.25, 0.3) is 0 Å². The summed E-state index contributed by atoms with van der Waals surface area (Å²) < 4.78 is 30.5. The summed E-state index contributed by atoms with van der Waals surface area (Å²) in [6.07, 6.45) is -1.47. The van der Waals surface area contributed by atoms with Crippen LogP contribution in [0.1, 0.15) is 79.6 Å². The van der Waals surface area contributed by atoms with Gasteiger partial charge >= 0.3 is 35.8 Å². The van der Waals surface area contributed by atoms with Gasteiger partial charge in [0.2, 0.25) is 5.91 Å². The number of rotatable bonds is 25. The molecule has 0 saturated carbocycles. The minimum absolute atomic E-state index is 0.0177. The summed E-state index contributed by atoms with van der Waals surface area (Å²) in [6.45, 7) is 9.10. The molecule has 3 N–H and O–H groups in total. The van der Waals surface area contributed by atoms with Crippen molar-refractivity contribution >= 4 is 41.7 Å². The minimum Gasteiger partial charge on any atom is -0.463 e. The first kappa shape index (κ1) is 45.9. The highest BCUT2D eigenvalue weighted by Crippen LogP contribution is 2.46. The van der Waals surface area contributed by atoms with Gasteiger partial charge in [0, 0.05) is 19.0 Å². The van der Waals surface area contributed by atoms with Crippen LogP contribution in [0.4, 0.5) is 0 Å². The Kier molecular flexibility index (Phi) is 19.5. The van der Waals surface area contributed by atoms with Crippen LogP contribution in [-0.4, -0.2) is 133 Å². The van der Waals surface area contributed by atoms with Gasteiger partial charge in [-0.15, -0.1) is 0 Å². The van der Waals surface area contributed by atoms with Crippen LogP contribution >= 0.6 is 0 Å². The molecule has 1 heterocycles. The van der Waals surface area contributed by atoms with Crippen LogP contribution in [0.5, 0.6) is 0 Å².